The first-order valence-electron chi connectivity index (χ1n) is 9.97. The first-order chi connectivity index (χ1) is 14.1. The van der Waals surface area contributed by atoms with Gasteiger partial charge in [-0.3, -0.25) is 23.4 Å². The number of rotatable bonds is 11. The van der Waals surface area contributed by atoms with Gasteiger partial charge in [-0.1, -0.05) is 43.8 Å². The van der Waals surface area contributed by atoms with Crippen LogP contribution in [0.25, 0.3) is 0 Å². The molecule has 1 aromatic rings. The molecule has 1 unspecified atom stereocenters. The second-order valence-corrected chi connectivity index (χ2v) is 10.7. The van der Waals surface area contributed by atoms with E-state index in [0.29, 0.717) is 30.8 Å². The lowest BCUT2D eigenvalue weighted by Gasteiger charge is -2.39. The maximum Gasteiger partial charge on any atom is 0.530 e. The van der Waals surface area contributed by atoms with Gasteiger partial charge in [0.1, 0.15) is 17.6 Å². The highest BCUT2D eigenvalue weighted by Gasteiger charge is 2.49. The fourth-order valence-corrected chi connectivity index (χ4v) is 5.24. The summed E-state index contributed by atoms with van der Waals surface area (Å²) in [7, 11) is -3.92. The summed E-state index contributed by atoms with van der Waals surface area (Å²) < 4.78 is 29.2. The zero-order valence-electron chi connectivity index (χ0n) is 17.6. The lowest BCUT2D eigenvalue weighted by atomic mass is 9.84. The number of phosphoric ester groups is 1. The number of thioether (sulfide) groups is 1. The summed E-state index contributed by atoms with van der Waals surface area (Å²) in [6.45, 7) is 5.17. The van der Waals surface area contributed by atoms with Gasteiger partial charge in [0, 0.05) is 37.4 Å². The molecule has 2 rings (SSSR count). The van der Waals surface area contributed by atoms with E-state index in [2.05, 4.69) is 0 Å². The second kappa shape index (κ2) is 11.2. The maximum atomic E-state index is 12.9. The van der Waals surface area contributed by atoms with Gasteiger partial charge in [-0.2, -0.15) is 0 Å². The molecule has 0 saturated carbocycles. The average molecular weight is 456 g/mol. The van der Waals surface area contributed by atoms with E-state index in [1.54, 1.807) is 44.2 Å². The van der Waals surface area contributed by atoms with E-state index in [1.807, 2.05) is 0 Å². The van der Waals surface area contributed by atoms with Crippen LogP contribution in [-0.4, -0.2) is 35.1 Å². The number of phosphoric acid groups is 1. The van der Waals surface area contributed by atoms with E-state index in [0.717, 1.165) is 0 Å². The molecule has 166 valence electrons. The first-order valence-corrected chi connectivity index (χ1v) is 12.4. The molecule has 0 bridgehead atoms. The third-order valence-electron chi connectivity index (χ3n) is 4.58. The van der Waals surface area contributed by atoms with Gasteiger partial charge in [0.05, 0.1) is 6.61 Å². The van der Waals surface area contributed by atoms with Crippen molar-refractivity contribution >= 4 is 36.3 Å². The van der Waals surface area contributed by atoms with E-state index in [1.165, 1.54) is 18.7 Å². The van der Waals surface area contributed by atoms with Crippen LogP contribution in [0.1, 0.15) is 52.9 Å². The molecule has 30 heavy (non-hydrogen) atoms. The molecule has 0 N–H and O–H groups in total. The smallest absolute Gasteiger partial charge is 0.404 e. The van der Waals surface area contributed by atoms with E-state index in [4.69, 9.17) is 13.6 Å². The predicted molar refractivity (Wildman–Crippen MR) is 116 cm³/mol. The minimum absolute atomic E-state index is 0.0423. The van der Waals surface area contributed by atoms with Crippen LogP contribution in [0.2, 0.25) is 0 Å². The Balaban J connectivity index is 1.84. The summed E-state index contributed by atoms with van der Waals surface area (Å²) >= 11 is 1.21. The number of Topliss-reactive ketones (excluding diaryl/α,β-unsaturated/α-hetero) is 2. The number of hydrogen-bond donors (Lipinski definition) is 0. The summed E-state index contributed by atoms with van der Waals surface area (Å²) in [6, 6.07) is 8.51. The molecule has 1 heterocycles. The molecule has 0 radical (unpaired) electrons. The van der Waals surface area contributed by atoms with Gasteiger partial charge in [0.25, 0.3) is 0 Å². The Morgan fingerprint density at radius 1 is 1.13 bits per heavy atom. The zero-order valence-corrected chi connectivity index (χ0v) is 19.3. The van der Waals surface area contributed by atoms with Gasteiger partial charge in [0.15, 0.2) is 10.9 Å². The Labute approximate surface area is 181 Å². The normalized spacial score (nSPS) is 23.0. The minimum Gasteiger partial charge on any atom is -0.404 e. The molecule has 9 heteroatoms. The summed E-state index contributed by atoms with van der Waals surface area (Å²) in [4.78, 5) is 35.6. The van der Waals surface area contributed by atoms with Crippen molar-refractivity contribution in [2.24, 2.45) is 5.41 Å². The largest absolute Gasteiger partial charge is 0.530 e. The predicted octanol–water partition coefficient (Wildman–Crippen LogP) is 4.98. The van der Waals surface area contributed by atoms with Crippen molar-refractivity contribution in [2.75, 3.05) is 12.4 Å². The van der Waals surface area contributed by atoms with Crippen molar-refractivity contribution < 1.29 is 32.5 Å². The molecular formula is C21H29O7PS. The van der Waals surface area contributed by atoms with Crippen molar-refractivity contribution in [2.45, 2.75) is 59.0 Å². The van der Waals surface area contributed by atoms with Gasteiger partial charge in [-0.15, -0.1) is 0 Å². The van der Waals surface area contributed by atoms with Crippen LogP contribution in [0.15, 0.2) is 30.3 Å². The molecule has 1 fully saturated rings. The third-order valence-corrected chi connectivity index (χ3v) is 6.82. The van der Waals surface area contributed by atoms with Crippen LogP contribution in [0, 0.1) is 5.41 Å². The molecule has 0 aliphatic carbocycles. The molecule has 1 saturated heterocycles. The van der Waals surface area contributed by atoms with Crippen LogP contribution in [0.4, 0.5) is 0 Å². The molecule has 7 nitrogen and oxygen atoms in total. The van der Waals surface area contributed by atoms with E-state index in [9.17, 15) is 18.9 Å². The Hall–Kier alpha value is -1.47. The monoisotopic (exact) mass is 456 g/mol. The van der Waals surface area contributed by atoms with Crippen LogP contribution < -0.4 is 4.52 Å². The summed E-state index contributed by atoms with van der Waals surface area (Å²) in [6.07, 6.45) is 0.938. The molecule has 0 aromatic heterocycles. The summed E-state index contributed by atoms with van der Waals surface area (Å²) in [5.74, 6) is 0.804. The summed E-state index contributed by atoms with van der Waals surface area (Å²) in [5, 5.41) is 0.0423. The number of para-hydroxylation sites is 1. The lowest BCUT2D eigenvalue weighted by Crippen LogP contribution is -2.45. The fraction of sp³-hybridized carbons (Fsp3) is 0.571. The SMILES string of the molecule is CC(=O)SCCCC(=O)CCCC(=O)[C@@H]1OP(=O)(Oc2ccccc2)OCC1(C)C. The van der Waals surface area contributed by atoms with E-state index in [-0.39, 0.29) is 36.1 Å². The van der Waals surface area contributed by atoms with Crippen molar-refractivity contribution in [3.63, 3.8) is 0 Å². The first kappa shape index (κ1) is 24.8. The molecular weight excluding hydrogens is 427 g/mol. The van der Waals surface area contributed by atoms with Crippen molar-refractivity contribution in [3.05, 3.63) is 30.3 Å². The fourth-order valence-electron chi connectivity index (χ4n) is 2.98. The van der Waals surface area contributed by atoms with Crippen molar-refractivity contribution in [1.82, 2.24) is 0 Å². The van der Waals surface area contributed by atoms with Crippen LogP contribution in [-0.2, 0) is 28.0 Å². The molecule has 1 aliphatic heterocycles. The topological polar surface area (TPSA) is 96.0 Å². The van der Waals surface area contributed by atoms with Crippen molar-refractivity contribution in [3.8, 4) is 5.75 Å². The average Bonchev–Trinajstić information content (AvgIpc) is 2.68. The highest BCUT2D eigenvalue weighted by atomic mass is 32.2. The second-order valence-electron chi connectivity index (χ2n) is 7.90. The van der Waals surface area contributed by atoms with Crippen LogP contribution >= 0.6 is 19.6 Å². The van der Waals surface area contributed by atoms with E-state index < -0.39 is 19.3 Å². The Bertz CT molecular complexity index is 794. The van der Waals surface area contributed by atoms with E-state index >= 15 is 0 Å². The highest BCUT2D eigenvalue weighted by Crippen LogP contribution is 2.57. The number of ketones is 2. The van der Waals surface area contributed by atoms with Gasteiger partial charge >= 0.3 is 7.82 Å². The third kappa shape index (κ3) is 7.99. The zero-order chi connectivity index (χ0) is 22.2. The standard InChI is InChI=1S/C21H29O7PS/c1-16(22)30-14-8-10-17(23)9-7-13-19(24)20-21(2,3)15-26-29(25,28-20)27-18-11-5-4-6-12-18/h4-6,11-12,20H,7-10,13-15H2,1-3H3/t20-,29?/m0/s1. The Morgan fingerprint density at radius 2 is 1.80 bits per heavy atom. The van der Waals surface area contributed by atoms with Crippen molar-refractivity contribution in [1.29, 1.82) is 0 Å². The number of carbonyl (C=O) groups is 3. The van der Waals surface area contributed by atoms with Crippen LogP contribution in [0.3, 0.4) is 0 Å². The summed E-state index contributed by atoms with van der Waals surface area (Å²) in [5.41, 5.74) is -0.668. The molecule has 2 atom stereocenters. The quantitative estimate of drug-likeness (QED) is 0.340. The maximum absolute atomic E-state index is 12.9. The van der Waals surface area contributed by atoms with Gasteiger partial charge in [0.2, 0.25) is 0 Å². The van der Waals surface area contributed by atoms with Gasteiger partial charge in [-0.05, 0) is 25.0 Å². The number of benzene rings is 1. The molecule has 1 aliphatic rings. The lowest BCUT2D eigenvalue weighted by molar-refractivity contribution is -0.138. The Morgan fingerprint density at radius 3 is 2.47 bits per heavy atom. The van der Waals surface area contributed by atoms with Crippen LogP contribution in [0.5, 0.6) is 5.75 Å². The molecule has 0 spiro atoms. The molecule has 1 aromatic carbocycles. The van der Waals surface area contributed by atoms with Gasteiger partial charge in [-0.25, -0.2) is 4.57 Å². The number of hydrogen-bond acceptors (Lipinski definition) is 8. The van der Waals surface area contributed by atoms with Gasteiger partial charge < -0.3 is 4.52 Å². The molecule has 0 amide bonds. The number of carbonyl (C=O) groups excluding carboxylic acids is 3. The highest BCUT2D eigenvalue weighted by molar-refractivity contribution is 8.13. The Kier molecular flexibility index (Phi) is 9.29. The minimum atomic E-state index is -3.92.